The predicted molar refractivity (Wildman–Crippen MR) is 66.8 cm³/mol. The van der Waals surface area contributed by atoms with E-state index in [2.05, 4.69) is 69.7 Å². The van der Waals surface area contributed by atoms with Crippen molar-refractivity contribution in [1.29, 1.82) is 0 Å². The van der Waals surface area contributed by atoms with Crippen LogP contribution in [0.3, 0.4) is 0 Å². The maximum atomic E-state index is 2.30. The van der Waals surface area contributed by atoms with Gasteiger partial charge in [-0.2, -0.15) is 0 Å². The Hall–Kier alpha value is -1.30. The summed E-state index contributed by atoms with van der Waals surface area (Å²) in [4.78, 5) is 0. The first-order chi connectivity index (χ1) is 7.04. The summed E-state index contributed by atoms with van der Waals surface area (Å²) in [6, 6.07) is 15.1. The van der Waals surface area contributed by atoms with Gasteiger partial charge in [-0.3, -0.25) is 0 Å². The highest BCUT2D eigenvalue weighted by atomic mass is 14.2. The van der Waals surface area contributed by atoms with Crippen LogP contribution in [0.1, 0.15) is 26.3 Å². The zero-order valence-corrected chi connectivity index (χ0v) is 9.62. The largest absolute Gasteiger partial charge is 0.0616 e. The van der Waals surface area contributed by atoms with Crippen molar-refractivity contribution in [1.82, 2.24) is 0 Å². The third kappa shape index (κ3) is 2.59. The number of hydrogen-bond acceptors (Lipinski definition) is 0. The van der Waals surface area contributed by atoms with E-state index in [9.17, 15) is 0 Å². The van der Waals surface area contributed by atoms with Crippen LogP contribution in [-0.2, 0) is 0 Å². The normalized spacial score (nSPS) is 11.9. The van der Waals surface area contributed by atoms with Crippen LogP contribution in [0, 0.1) is 11.8 Å². The fourth-order valence-corrected chi connectivity index (χ4v) is 1.80. The second kappa shape index (κ2) is 3.69. The smallest absolute Gasteiger partial charge is 0.00392 e. The molecule has 0 saturated heterocycles. The number of fused-ring (bicyclic) bond motifs is 1. The molecule has 0 heterocycles. The lowest BCUT2D eigenvalue weighted by molar-refractivity contribution is 0.506. The van der Waals surface area contributed by atoms with E-state index in [0.29, 0.717) is 0 Å². The molecule has 2 rings (SSSR count). The van der Waals surface area contributed by atoms with Crippen LogP contribution in [0.4, 0.5) is 0 Å². The molecule has 2 aromatic rings. The standard InChI is InChI=1S/C15H17/c1-15(2,3)11-12-8-9-13-6-4-5-7-14(13)10-12/h4-11H,1-3H3. The van der Waals surface area contributed by atoms with Gasteiger partial charge in [-0.05, 0) is 28.2 Å². The SMILES string of the molecule is CC(C)(C)[CH]c1ccc2ccccc2c1. The first-order valence-corrected chi connectivity index (χ1v) is 5.39. The summed E-state index contributed by atoms with van der Waals surface area (Å²) in [6.45, 7) is 6.67. The summed E-state index contributed by atoms with van der Waals surface area (Å²) in [7, 11) is 0. The molecular weight excluding hydrogens is 180 g/mol. The molecule has 0 heteroatoms. The molecular formula is C15H17. The summed E-state index contributed by atoms with van der Waals surface area (Å²) in [6.07, 6.45) is 2.30. The van der Waals surface area contributed by atoms with Gasteiger partial charge in [0, 0.05) is 0 Å². The van der Waals surface area contributed by atoms with Crippen molar-refractivity contribution in [2.75, 3.05) is 0 Å². The lowest BCUT2D eigenvalue weighted by Crippen LogP contribution is -2.06. The van der Waals surface area contributed by atoms with Gasteiger partial charge < -0.3 is 0 Å². The molecule has 2 aromatic carbocycles. The Morgan fingerprint density at radius 3 is 2.20 bits per heavy atom. The van der Waals surface area contributed by atoms with Gasteiger partial charge in [0.15, 0.2) is 0 Å². The summed E-state index contributed by atoms with van der Waals surface area (Å²) >= 11 is 0. The van der Waals surface area contributed by atoms with Gasteiger partial charge in [0.25, 0.3) is 0 Å². The Balaban J connectivity index is 2.39. The summed E-state index contributed by atoms with van der Waals surface area (Å²) < 4.78 is 0. The molecule has 1 radical (unpaired) electrons. The molecule has 0 aliphatic rings. The maximum Gasteiger partial charge on any atom is -0.00392 e. The van der Waals surface area contributed by atoms with E-state index >= 15 is 0 Å². The van der Waals surface area contributed by atoms with Crippen molar-refractivity contribution >= 4 is 10.8 Å². The van der Waals surface area contributed by atoms with Crippen molar-refractivity contribution in [3.8, 4) is 0 Å². The molecule has 0 N–H and O–H groups in total. The number of hydrogen-bond donors (Lipinski definition) is 0. The van der Waals surface area contributed by atoms with Crippen LogP contribution in [0.25, 0.3) is 10.8 Å². The quantitative estimate of drug-likeness (QED) is 0.634. The van der Waals surface area contributed by atoms with Crippen LogP contribution in [0.2, 0.25) is 0 Å². The fourth-order valence-electron chi connectivity index (χ4n) is 1.80. The molecule has 0 saturated carbocycles. The van der Waals surface area contributed by atoms with Gasteiger partial charge >= 0.3 is 0 Å². The summed E-state index contributed by atoms with van der Waals surface area (Å²) in [5.41, 5.74) is 1.55. The molecule has 0 unspecified atom stereocenters. The molecule has 0 bridgehead atoms. The minimum Gasteiger partial charge on any atom is -0.0616 e. The van der Waals surface area contributed by atoms with Crippen molar-refractivity contribution in [3.63, 3.8) is 0 Å². The van der Waals surface area contributed by atoms with Gasteiger partial charge in [-0.15, -0.1) is 0 Å². The van der Waals surface area contributed by atoms with Crippen LogP contribution in [-0.4, -0.2) is 0 Å². The molecule has 0 aromatic heterocycles. The highest BCUT2D eigenvalue weighted by molar-refractivity contribution is 5.83. The Kier molecular flexibility index (Phi) is 2.52. The molecule has 0 aliphatic carbocycles. The molecule has 0 spiro atoms. The highest BCUT2D eigenvalue weighted by Gasteiger charge is 2.11. The molecule has 0 fully saturated rings. The van der Waals surface area contributed by atoms with Crippen LogP contribution >= 0.6 is 0 Å². The summed E-state index contributed by atoms with van der Waals surface area (Å²) in [5, 5.41) is 2.62. The van der Waals surface area contributed by atoms with E-state index in [1.807, 2.05) is 0 Å². The van der Waals surface area contributed by atoms with Gasteiger partial charge in [0.2, 0.25) is 0 Å². The molecule has 0 nitrogen and oxygen atoms in total. The van der Waals surface area contributed by atoms with Gasteiger partial charge in [-0.1, -0.05) is 63.2 Å². The van der Waals surface area contributed by atoms with Gasteiger partial charge in [-0.25, -0.2) is 0 Å². The van der Waals surface area contributed by atoms with E-state index < -0.39 is 0 Å². The second-order valence-corrected chi connectivity index (χ2v) is 5.12. The van der Waals surface area contributed by atoms with Crippen molar-refractivity contribution in [3.05, 3.63) is 54.4 Å². The Bertz CT molecular complexity index is 461. The molecule has 0 atom stereocenters. The van der Waals surface area contributed by atoms with Gasteiger partial charge in [0.05, 0.1) is 0 Å². The first-order valence-electron chi connectivity index (χ1n) is 5.39. The Labute approximate surface area is 91.9 Å². The van der Waals surface area contributed by atoms with Crippen LogP contribution in [0.5, 0.6) is 0 Å². The van der Waals surface area contributed by atoms with E-state index in [0.717, 1.165) is 0 Å². The molecule has 0 aliphatic heterocycles. The molecule has 15 heavy (non-hydrogen) atoms. The predicted octanol–water partition coefficient (Wildman–Crippen LogP) is 4.44. The average molecular weight is 197 g/mol. The number of benzene rings is 2. The minimum atomic E-state index is 0.239. The van der Waals surface area contributed by atoms with E-state index in [1.54, 1.807) is 0 Å². The molecule has 77 valence electrons. The average Bonchev–Trinajstić information content (AvgIpc) is 2.15. The second-order valence-electron chi connectivity index (χ2n) is 5.12. The van der Waals surface area contributed by atoms with Crippen LogP contribution < -0.4 is 0 Å². The lowest BCUT2D eigenvalue weighted by Gasteiger charge is -2.17. The fraction of sp³-hybridized carbons (Fsp3) is 0.267. The van der Waals surface area contributed by atoms with Crippen LogP contribution in [0.15, 0.2) is 42.5 Å². The maximum absolute atomic E-state index is 2.30. The van der Waals surface area contributed by atoms with E-state index in [4.69, 9.17) is 0 Å². The minimum absolute atomic E-state index is 0.239. The third-order valence-electron chi connectivity index (χ3n) is 2.37. The lowest BCUT2D eigenvalue weighted by atomic mass is 9.87. The van der Waals surface area contributed by atoms with Crippen molar-refractivity contribution < 1.29 is 0 Å². The van der Waals surface area contributed by atoms with E-state index in [1.165, 1.54) is 16.3 Å². The van der Waals surface area contributed by atoms with E-state index in [-0.39, 0.29) is 5.41 Å². The zero-order valence-electron chi connectivity index (χ0n) is 9.62. The van der Waals surface area contributed by atoms with Gasteiger partial charge in [0.1, 0.15) is 0 Å². The highest BCUT2D eigenvalue weighted by Crippen LogP contribution is 2.25. The topological polar surface area (TPSA) is 0 Å². The molecule has 0 amide bonds. The zero-order chi connectivity index (χ0) is 10.9. The van der Waals surface area contributed by atoms with Crippen molar-refractivity contribution in [2.24, 2.45) is 5.41 Å². The summed E-state index contributed by atoms with van der Waals surface area (Å²) in [5.74, 6) is 0. The Morgan fingerprint density at radius 2 is 1.53 bits per heavy atom. The number of rotatable bonds is 1. The Morgan fingerprint density at radius 1 is 0.867 bits per heavy atom. The first kappa shape index (κ1) is 10.2. The third-order valence-corrected chi connectivity index (χ3v) is 2.37. The monoisotopic (exact) mass is 197 g/mol. The van der Waals surface area contributed by atoms with Crippen molar-refractivity contribution in [2.45, 2.75) is 20.8 Å².